The Labute approximate surface area is 193 Å². The van der Waals surface area contributed by atoms with Gasteiger partial charge in [0.15, 0.2) is 5.78 Å². The molecule has 7 nitrogen and oxygen atoms in total. The van der Waals surface area contributed by atoms with E-state index in [1.165, 1.54) is 43.8 Å². The van der Waals surface area contributed by atoms with Crippen LogP contribution in [0.15, 0.2) is 77.7 Å². The number of Topliss-reactive ketones (excluding diaryl/α,β-unsaturated/α-hetero) is 1. The predicted octanol–water partition coefficient (Wildman–Crippen LogP) is 3.84. The maximum absolute atomic E-state index is 12.9. The Morgan fingerprint density at radius 3 is 2.27 bits per heavy atom. The minimum Gasteiger partial charge on any atom is -0.339 e. The average molecular weight is 464 g/mol. The van der Waals surface area contributed by atoms with E-state index >= 15 is 0 Å². The number of ketones is 1. The number of amides is 1. The van der Waals surface area contributed by atoms with Gasteiger partial charge in [0.1, 0.15) is 0 Å². The molecule has 0 spiro atoms. The van der Waals surface area contributed by atoms with Crippen LogP contribution in [0.2, 0.25) is 0 Å². The summed E-state index contributed by atoms with van der Waals surface area (Å²) in [6.07, 6.45) is 0.919. The number of nitrogens with one attached hydrogen (secondary N) is 1. The topological polar surface area (TPSA) is 86.8 Å². The molecule has 33 heavy (non-hydrogen) atoms. The van der Waals surface area contributed by atoms with Crippen LogP contribution in [0.3, 0.4) is 0 Å². The Morgan fingerprint density at radius 2 is 1.58 bits per heavy atom. The molecule has 0 bridgehead atoms. The van der Waals surface area contributed by atoms with Crippen LogP contribution in [-0.4, -0.2) is 44.6 Å². The summed E-state index contributed by atoms with van der Waals surface area (Å²) in [5.41, 5.74) is 4.26. The van der Waals surface area contributed by atoms with Crippen LogP contribution in [0.5, 0.6) is 0 Å². The Bertz CT molecular complexity index is 1300. The zero-order chi connectivity index (χ0) is 23.6. The molecule has 0 atom stereocenters. The first-order valence-electron chi connectivity index (χ1n) is 10.6. The minimum atomic E-state index is -3.88. The summed E-state index contributed by atoms with van der Waals surface area (Å²) in [6, 6.07) is 21.3. The number of nitrogens with zero attached hydrogens (tertiary/aromatic N) is 2. The highest BCUT2D eigenvalue weighted by Crippen LogP contribution is 2.38. The summed E-state index contributed by atoms with van der Waals surface area (Å²) in [7, 11) is -2.53. The maximum atomic E-state index is 12.9. The number of benzene rings is 3. The van der Waals surface area contributed by atoms with Gasteiger partial charge in [-0.15, -0.1) is 0 Å². The summed E-state index contributed by atoms with van der Waals surface area (Å²) in [5, 5.41) is 2.87. The first kappa shape index (κ1) is 22.7. The van der Waals surface area contributed by atoms with E-state index in [1.54, 1.807) is 0 Å². The summed E-state index contributed by atoms with van der Waals surface area (Å²) < 4.78 is 26.7. The van der Waals surface area contributed by atoms with E-state index in [0.717, 1.165) is 28.6 Å². The fourth-order valence-corrected chi connectivity index (χ4v) is 5.05. The average Bonchev–Trinajstić information content (AvgIpc) is 3.23. The van der Waals surface area contributed by atoms with Crippen molar-refractivity contribution in [3.63, 3.8) is 0 Å². The van der Waals surface area contributed by atoms with Gasteiger partial charge in [0, 0.05) is 24.8 Å². The quantitative estimate of drug-likeness (QED) is 0.538. The maximum Gasteiger partial charge on any atom is 0.243 e. The van der Waals surface area contributed by atoms with Gasteiger partial charge >= 0.3 is 0 Å². The molecule has 3 aromatic rings. The lowest BCUT2D eigenvalue weighted by atomic mass is 10.2. The molecule has 1 N–H and O–H groups in total. The van der Waals surface area contributed by atoms with E-state index in [-0.39, 0.29) is 17.2 Å². The number of carbonyl (C=O) groups excluding carboxylic acids is 2. The highest BCUT2D eigenvalue weighted by atomic mass is 32.2. The molecule has 170 valence electrons. The van der Waals surface area contributed by atoms with Gasteiger partial charge in [-0.1, -0.05) is 42.5 Å². The minimum absolute atomic E-state index is 0.0249. The second-order valence-electron chi connectivity index (χ2n) is 7.94. The normalized spacial score (nSPS) is 13.1. The number of fused-ring (bicyclic) bond motifs is 1. The largest absolute Gasteiger partial charge is 0.339 e. The number of rotatable bonds is 7. The molecule has 3 aromatic carbocycles. The SMILES string of the molecule is CC(=O)c1ccc(S(=O)(=O)N(C)CC(=O)Nc2ccccc2N2CCc3ccccc32)cc1. The summed E-state index contributed by atoms with van der Waals surface area (Å²) in [6.45, 7) is 1.87. The van der Waals surface area contributed by atoms with Crippen LogP contribution >= 0.6 is 0 Å². The molecule has 1 amide bonds. The Morgan fingerprint density at radius 1 is 0.939 bits per heavy atom. The number of sulfonamides is 1. The molecule has 0 unspecified atom stereocenters. The van der Waals surface area contributed by atoms with Crippen LogP contribution < -0.4 is 10.2 Å². The van der Waals surface area contributed by atoms with Crippen LogP contribution in [-0.2, 0) is 21.2 Å². The summed E-state index contributed by atoms with van der Waals surface area (Å²) in [4.78, 5) is 26.4. The molecule has 0 saturated heterocycles. The molecule has 1 aliphatic heterocycles. The third-order valence-electron chi connectivity index (χ3n) is 5.69. The Kier molecular flexibility index (Phi) is 6.31. The van der Waals surface area contributed by atoms with Gasteiger partial charge < -0.3 is 10.2 Å². The first-order valence-corrected chi connectivity index (χ1v) is 12.0. The number of hydrogen-bond acceptors (Lipinski definition) is 5. The Hall–Kier alpha value is -3.49. The van der Waals surface area contributed by atoms with Crippen molar-refractivity contribution in [1.82, 2.24) is 4.31 Å². The molecule has 0 aromatic heterocycles. The van der Waals surface area contributed by atoms with E-state index in [9.17, 15) is 18.0 Å². The zero-order valence-electron chi connectivity index (χ0n) is 18.5. The van der Waals surface area contributed by atoms with Crippen molar-refractivity contribution in [2.45, 2.75) is 18.2 Å². The molecular weight excluding hydrogens is 438 g/mol. The van der Waals surface area contributed by atoms with Gasteiger partial charge in [0.2, 0.25) is 15.9 Å². The van der Waals surface area contributed by atoms with Crippen LogP contribution in [0.1, 0.15) is 22.8 Å². The number of likely N-dealkylation sites (N-methyl/N-ethyl adjacent to an activating group) is 1. The van der Waals surface area contributed by atoms with Crippen molar-refractivity contribution >= 4 is 38.8 Å². The highest BCUT2D eigenvalue weighted by molar-refractivity contribution is 7.89. The molecule has 0 fully saturated rings. The van der Waals surface area contributed by atoms with Gasteiger partial charge in [-0.25, -0.2) is 8.42 Å². The van der Waals surface area contributed by atoms with E-state index in [2.05, 4.69) is 22.3 Å². The number of hydrogen-bond donors (Lipinski definition) is 1. The second-order valence-corrected chi connectivity index (χ2v) is 9.98. The monoisotopic (exact) mass is 463 g/mol. The second kappa shape index (κ2) is 9.17. The van der Waals surface area contributed by atoms with Gasteiger partial charge in [0.25, 0.3) is 0 Å². The van der Waals surface area contributed by atoms with Crippen molar-refractivity contribution in [1.29, 1.82) is 0 Å². The summed E-state index contributed by atoms with van der Waals surface area (Å²) in [5.74, 6) is -0.590. The van der Waals surface area contributed by atoms with Crippen molar-refractivity contribution in [2.75, 3.05) is 30.4 Å². The lowest BCUT2D eigenvalue weighted by Gasteiger charge is -2.23. The van der Waals surface area contributed by atoms with Gasteiger partial charge in [-0.2, -0.15) is 4.31 Å². The van der Waals surface area contributed by atoms with E-state index in [0.29, 0.717) is 11.3 Å². The molecule has 8 heteroatoms. The molecule has 0 saturated carbocycles. The Balaban J connectivity index is 1.49. The van der Waals surface area contributed by atoms with Crippen molar-refractivity contribution < 1.29 is 18.0 Å². The van der Waals surface area contributed by atoms with E-state index in [1.807, 2.05) is 36.4 Å². The van der Waals surface area contributed by atoms with E-state index in [4.69, 9.17) is 0 Å². The fraction of sp³-hybridized carbons (Fsp3) is 0.200. The number of anilines is 3. The molecule has 4 rings (SSSR count). The third-order valence-corrected chi connectivity index (χ3v) is 7.51. The third kappa shape index (κ3) is 4.67. The van der Waals surface area contributed by atoms with Gasteiger partial charge in [-0.3, -0.25) is 9.59 Å². The standard InChI is InChI=1S/C25H25N3O4S/c1-18(29)19-11-13-21(14-12-19)33(31,32)27(2)17-25(30)26-22-8-4-6-10-24(22)28-16-15-20-7-3-5-9-23(20)28/h3-14H,15-17H2,1-2H3,(H,26,30). The van der Waals surface area contributed by atoms with Gasteiger partial charge in [-0.05, 0) is 49.2 Å². The number of carbonyl (C=O) groups is 2. The lowest BCUT2D eigenvalue weighted by molar-refractivity contribution is -0.116. The van der Waals surface area contributed by atoms with Gasteiger partial charge in [0.05, 0.1) is 22.8 Å². The first-order chi connectivity index (χ1) is 15.8. The van der Waals surface area contributed by atoms with Crippen molar-refractivity contribution in [3.05, 3.63) is 83.9 Å². The van der Waals surface area contributed by atoms with Crippen LogP contribution in [0.25, 0.3) is 0 Å². The smallest absolute Gasteiger partial charge is 0.243 e. The van der Waals surface area contributed by atoms with E-state index < -0.39 is 15.9 Å². The predicted molar refractivity (Wildman–Crippen MR) is 128 cm³/mol. The lowest BCUT2D eigenvalue weighted by Crippen LogP contribution is -2.35. The zero-order valence-corrected chi connectivity index (χ0v) is 19.3. The summed E-state index contributed by atoms with van der Waals surface area (Å²) >= 11 is 0. The van der Waals surface area contributed by atoms with Crippen LogP contribution in [0, 0.1) is 0 Å². The highest BCUT2D eigenvalue weighted by Gasteiger charge is 2.25. The molecule has 0 aliphatic carbocycles. The fourth-order valence-electron chi connectivity index (χ4n) is 3.92. The molecule has 1 heterocycles. The molecular formula is C25H25N3O4S. The molecule has 0 radical (unpaired) electrons. The molecule has 1 aliphatic rings. The van der Waals surface area contributed by atoms with Crippen molar-refractivity contribution in [2.24, 2.45) is 0 Å². The van der Waals surface area contributed by atoms with Crippen molar-refractivity contribution in [3.8, 4) is 0 Å². The van der Waals surface area contributed by atoms with Crippen LogP contribution in [0.4, 0.5) is 17.1 Å². The number of para-hydroxylation sites is 3.